The van der Waals surface area contributed by atoms with Gasteiger partial charge in [-0.05, 0) is 18.6 Å². The minimum absolute atomic E-state index is 1.04. The Morgan fingerprint density at radius 2 is 2.60 bits per heavy atom. The van der Waals surface area contributed by atoms with Crippen molar-refractivity contribution in [2.75, 3.05) is 18.5 Å². The molecule has 0 bridgehead atoms. The number of hydrogen-bond donors (Lipinski definition) is 0. The Balaban J connectivity index is 2.51. The molecule has 0 saturated heterocycles. The van der Waals surface area contributed by atoms with Gasteiger partial charge in [0.2, 0.25) is 0 Å². The fraction of sp³-hybridized carbons (Fsp3) is 0.500. The van der Waals surface area contributed by atoms with Crippen molar-refractivity contribution in [2.24, 2.45) is 0 Å². The van der Waals surface area contributed by atoms with Gasteiger partial charge in [0.05, 0.1) is 0 Å². The summed E-state index contributed by atoms with van der Waals surface area (Å²) in [5.41, 5.74) is 1.47. The molecule has 53 valence electrons. The molecule has 3 radical (unpaired) electrons. The predicted molar refractivity (Wildman–Crippen MR) is 51.2 cm³/mol. The molecule has 0 spiro atoms. The van der Waals surface area contributed by atoms with Crippen LogP contribution >= 0.6 is 7.14 Å². The number of hydrogen-bond acceptors (Lipinski definition) is 0. The van der Waals surface area contributed by atoms with E-state index in [4.69, 9.17) is 7.57 Å². The maximum absolute atomic E-state index is 6.15. The first-order chi connectivity index (χ1) is 4.66. The van der Waals surface area contributed by atoms with Crippen LogP contribution < -0.4 is 0 Å². The zero-order valence-corrected chi connectivity index (χ0v) is 7.40. The van der Waals surface area contributed by atoms with E-state index in [9.17, 15) is 0 Å². The maximum Gasteiger partial charge on any atom is 0.0330 e. The second-order valence-electron chi connectivity index (χ2n) is 3.08. The summed E-state index contributed by atoms with van der Waals surface area (Å²) < 4.78 is 0. The van der Waals surface area contributed by atoms with Crippen LogP contribution in [-0.4, -0.2) is 26.1 Å². The monoisotopic (exact) mass is 151 g/mol. The Morgan fingerprint density at radius 3 is 3.00 bits per heavy atom. The van der Waals surface area contributed by atoms with Crippen molar-refractivity contribution in [3.05, 3.63) is 24.3 Å². The molecule has 0 N–H and O–H groups in total. The highest BCUT2D eigenvalue weighted by Crippen LogP contribution is 2.58. The average molecular weight is 151 g/mol. The van der Waals surface area contributed by atoms with E-state index in [1.165, 1.54) is 5.57 Å². The third-order valence-electron chi connectivity index (χ3n) is 1.86. The van der Waals surface area contributed by atoms with E-state index in [1.54, 1.807) is 0 Å². The zero-order valence-electron chi connectivity index (χ0n) is 6.51. The van der Waals surface area contributed by atoms with E-state index in [0.717, 1.165) is 18.5 Å². The van der Waals surface area contributed by atoms with Crippen LogP contribution in [0.1, 0.15) is 6.92 Å². The lowest BCUT2D eigenvalue weighted by molar-refractivity contribution is 1.42. The maximum atomic E-state index is 6.15. The van der Waals surface area contributed by atoms with Crippen LogP contribution in [0.15, 0.2) is 24.3 Å². The van der Waals surface area contributed by atoms with Gasteiger partial charge in [0.15, 0.2) is 0 Å². The fourth-order valence-corrected chi connectivity index (χ4v) is 4.08. The van der Waals surface area contributed by atoms with Crippen LogP contribution in [0.2, 0.25) is 0 Å². The largest absolute Gasteiger partial charge is 0.305 e. The Labute approximate surface area is 65.1 Å². The molecular weight excluding hydrogens is 138 g/mol. The molecule has 0 saturated carbocycles. The van der Waals surface area contributed by atoms with Gasteiger partial charge in [-0.15, -0.1) is 0 Å². The van der Waals surface area contributed by atoms with Gasteiger partial charge in [-0.1, -0.05) is 12.7 Å². The van der Waals surface area contributed by atoms with Crippen LogP contribution in [0.4, 0.5) is 0 Å². The lowest BCUT2D eigenvalue weighted by Crippen LogP contribution is -1.99. The van der Waals surface area contributed by atoms with Gasteiger partial charge in [-0.2, -0.15) is 0 Å². The Hall–Kier alpha value is -0.0251. The molecule has 0 amide bonds. The van der Waals surface area contributed by atoms with Crippen LogP contribution in [0, 0.1) is 0 Å². The molecule has 1 heterocycles. The smallest absolute Gasteiger partial charge is 0.0330 e. The highest BCUT2D eigenvalue weighted by molar-refractivity contribution is 7.98. The normalized spacial score (nSPS) is 32.0. The molecule has 0 aromatic carbocycles. The van der Waals surface area contributed by atoms with Crippen LogP contribution in [-0.2, 0) is 0 Å². The van der Waals surface area contributed by atoms with E-state index < -0.39 is 7.14 Å². The van der Waals surface area contributed by atoms with Gasteiger partial charge in [-0.25, -0.2) is 7.14 Å². The molecule has 0 aliphatic carbocycles. The third-order valence-corrected chi connectivity index (χ3v) is 4.88. The summed E-state index contributed by atoms with van der Waals surface area (Å²) in [6.45, 7) is 5.88. The van der Waals surface area contributed by atoms with Crippen molar-refractivity contribution < 1.29 is 0 Å². The lowest BCUT2D eigenvalue weighted by atomic mass is 10.3. The van der Waals surface area contributed by atoms with Crippen molar-refractivity contribution in [2.45, 2.75) is 6.92 Å². The third kappa shape index (κ3) is 1.73. The van der Waals surface area contributed by atoms with Crippen molar-refractivity contribution in [1.82, 2.24) is 0 Å². The molecule has 10 heavy (non-hydrogen) atoms. The Bertz CT molecular complexity index is 174. The Morgan fingerprint density at radius 1 is 1.90 bits per heavy atom. The first-order valence-corrected chi connectivity index (χ1v) is 5.99. The van der Waals surface area contributed by atoms with Crippen molar-refractivity contribution in [3.8, 4) is 0 Å². The van der Waals surface area contributed by atoms with Crippen molar-refractivity contribution in [3.63, 3.8) is 0 Å². The van der Waals surface area contributed by atoms with E-state index in [0.29, 0.717) is 0 Å². The summed E-state index contributed by atoms with van der Waals surface area (Å²) in [5, 5.41) is 0. The predicted octanol–water partition coefficient (Wildman–Crippen LogP) is 2.23. The SMILES string of the molecule is [B-][P+]1(CC=C)CC=C(C)C1. The molecule has 1 atom stereocenters. The number of allylic oxidation sites excluding steroid dienone is 3. The molecule has 1 rings (SSSR count). The lowest BCUT2D eigenvalue weighted by Gasteiger charge is -2.30. The molecule has 1 unspecified atom stereocenters. The second kappa shape index (κ2) is 2.92. The van der Waals surface area contributed by atoms with E-state index >= 15 is 0 Å². The van der Waals surface area contributed by atoms with Crippen LogP contribution in [0.5, 0.6) is 0 Å². The molecule has 1 aliphatic rings. The summed E-state index contributed by atoms with van der Waals surface area (Å²) >= 11 is 0. The number of rotatable bonds is 2. The summed E-state index contributed by atoms with van der Waals surface area (Å²) in [4.78, 5) is 0. The Kier molecular flexibility index (Phi) is 2.36. The van der Waals surface area contributed by atoms with Gasteiger partial charge in [0, 0.05) is 18.5 Å². The van der Waals surface area contributed by atoms with E-state index in [-0.39, 0.29) is 0 Å². The minimum Gasteiger partial charge on any atom is -0.305 e. The molecule has 0 fully saturated rings. The quantitative estimate of drug-likeness (QED) is 0.322. The second-order valence-corrected chi connectivity index (χ2v) is 6.56. The standard InChI is InChI=1S/C8H13BP/c1-3-5-10(9)6-4-8(2)7-10/h3-4H,1,5-7H2,2H3. The van der Waals surface area contributed by atoms with Crippen LogP contribution in [0.3, 0.4) is 0 Å². The van der Waals surface area contributed by atoms with Gasteiger partial charge in [-0.3, -0.25) is 0 Å². The average Bonchev–Trinajstić information content (AvgIpc) is 2.12. The first-order valence-electron chi connectivity index (χ1n) is 3.57. The molecule has 0 nitrogen and oxygen atoms in total. The molecule has 0 aromatic rings. The fourth-order valence-electron chi connectivity index (χ4n) is 1.36. The first kappa shape index (κ1) is 8.08. The van der Waals surface area contributed by atoms with Gasteiger partial charge in [0.1, 0.15) is 0 Å². The zero-order chi connectivity index (χ0) is 7.61. The van der Waals surface area contributed by atoms with Gasteiger partial charge < -0.3 is 7.57 Å². The molecule has 0 aromatic heterocycles. The van der Waals surface area contributed by atoms with E-state index in [2.05, 4.69) is 19.6 Å². The minimum atomic E-state index is -1.09. The summed E-state index contributed by atoms with van der Waals surface area (Å²) in [7, 11) is 5.06. The molecule has 1 aliphatic heterocycles. The van der Waals surface area contributed by atoms with Gasteiger partial charge in [0.25, 0.3) is 0 Å². The highest BCUT2D eigenvalue weighted by atomic mass is 31.2. The summed E-state index contributed by atoms with van der Waals surface area (Å²) in [6.07, 6.45) is 7.56. The van der Waals surface area contributed by atoms with E-state index in [1.807, 2.05) is 6.08 Å². The van der Waals surface area contributed by atoms with Crippen molar-refractivity contribution in [1.29, 1.82) is 0 Å². The molecular formula is C8H13BP. The highest BCUT2D eigenvalue weighted by Gasteiger charge is 2.20. The topological polar surface area (TPSA) is 0 Å². The van der Waals surface area contributed by atoms with Crippen molar-refractivity contribution >= 4 is 14.7 Å². The van der Waals surface area contributed by atoms with Gasteiger partial charge >= 0.3 is 0 Å². The van der Waals surface area contributed by atoms with Crippen LogP contribution in [0.25, 0.3) is 0 Å². The summed E-state index contributed by atoms with van der Waals surface area (Å²) in [6, 6.07) is 0. The molecule has 2 heteroatoms. The summed E-state index contributed by atoms with van der Waals surface area (Å²) in [5.74, 6) is 0.